The molecule has 1 aromatic carbocycles. The number of hydrogen-bond donors (Lipinski definition) is 1. The lowest BCUT2D eigenvalue weighted by Gasteiger charge is -2.11. The molecule has 1 aromatic rings. The van der Waals surface area contributed by atoms with Crippen molar-refractivity contribution in [3.05, 3.63) is 28.2 Å². The highest BCUT2D eigenvalue weighted by Gasteiger charge is 2.08. The van der Waals surface area contributed by atoms with E-state index in [-0.39, 0.29) is 0 Å². The minimum atomic E-state index is -0.914. The van der Waals surface area contributed by atoms with Gasteiger partial charge in [0.05, 0.1) is 10.0 Å². The van der Waals surface area contributed by atoms with Crippen LogP contribution in [0.5, 0.6) is 5.75 Å². The van der Waals surface area contributed by atoms with E-state index in [4.69, 9.17) is 33.0 Å². The Bertz CT molecular complexity index is 254. The zero-order chi connectivity index (χ0) is 9.14. The molecule has 0 aliphatic heterocycles. The molecular formula is C8H8Cl2O2. The molecule has 0 bridgehead atoms. The summed E-state index contributed by atoms with van der Waals surface area (Å²) in [5, 5.41) is 9.70. The number of benzene rings is 1. The van der Waals surface area contributed by atoms with Gasteiger partial charge in [0, 0.05) is 0 Å². The highest BCUT2D eigenvalue weighted by atomic mass is 35.5. The summed E-state index contributed by atoms with van der Waals surface area (Å²) in [4.78, 5) is 0. The molecule has 0 saturated heterocycles. The van der Waals surface area contributed by atoms with Gasteiger partial charge in [-0.05, 0) is 19.1 Å². The van der Waals surface area contributed by atoms with Crippen LogP contribution >= 0.6 is 23.2 Å². The van der Waals surface area contributed by atoms with Crippen molar-refractivity contribution in [3.8, 4) is 5.75 Å². The molecule has 0 saturated carbocycles. The van der Waals surface area contributed by atoms with E-state index in [0.29, 0.717) is 15.8 Å². The van der Waals surface area contributed by atoms with Crippen molar-refractivity contribution in [3.63, 3.8) is 0 Å². The molecule has 4 heteroatoms. The summed E-state index contributed by atoms with van der Waals surface area (Å²) in [6, 6.07) is 5.00. The fourth-order valence-corrected chi connectivity index (χ4v) is 1.25. The second-order valence-electron chi connectivity index (χ2n) is 2.27. The number of para-hydroxylation sites is 1. The molecule has 66 valence electrons. The second-order valence-corrected chi connectivity index (χ2v) is 3.08. The summed E-state index contributed by atoms with van der Waals surface area (Å²) in [5.74, 6) is 0.316. The molecule has 12 heavy (non-hydrogen) atoms. The van der Waals surface area contributed by atoms with Gasteiger partial charge in [-0.25, -0.2) is 0 Å². The van der Waals surface area contributed by atoms with Crippen molar-refractivity contribution in [1.82, 2.24) is 0 Å². The van der Waals surface area contributed by atoms with Crippen LogP contribution in [0, 0.1) is 0 Å². The van der Waals surface area contributed by atoms with Gasteiger partial charge >= 0.3 is 0 Å². The number of ether oxygens (including phenoxy) is 1. The van der Waals surface area contributed by atoms with Gasteiger partial charge < -0.3 is 9.84 Å². The first-order valence-electron chi connectivity index (χ1n) is 3.40. The maximum absolute atomic E-state index is 8.92. The lowest BCUT2D eigenvalue weighted by Crippen LogP contribution is -2.10. The van der Waals surface area contributed by atoms with Crippen LogP contribution in [0.15, 0.2) is 18.2 Å². The van der Waals surface area contributed by atoms with Gasteiger partial charge in [-0.2, -0.15) is 0 Å². The van der Waals surface area contributed by atoms with Crippen molar-refractivity contribution in [1.29, 1.82) is 0 Å². The van der Waals surface area contributed by atoms with E-state index < -0.39 is 6.29 Å². The van der Waals surface area contributed by atoms with E-state index in [9.17, 15) is 0 Å². The molecule has 1 N–H and O–H groups in total. The largest absolute Gasteiger partial charge is 0.462 e. The molecule has 0 aliphatic carbocycles. The van der Waals surface area contributed by atoms with Crippen LogP contribution in [0.25, 0.3) is 0 Å². The smallest absolute Gasteiger partial charge is 0.194 e. The highest BCUT2D eigenvalue weighted by molar-refractivity contribution is 6.37. The van der Waals surface area contributed by atoms with Crippen LogP contribution in [0.1, 0.15) is 6.92 Å². The van der Waals surface area contributed by atoms with Crippen LogP contribution in [-0.2, 0) is 0 Å². The van der Waals surface area contributed by atoms with Crippen molar-refractivity contribution in [2.24, 2.45) is 0 Å². The molecule has 1 unspecified atom stereocenters. The van der Waals surface area contributed by atoms with E-state index in [1.807, 2.05) is 0 Å². The standard InChI is InChI=1S/C8H8Cl2O2/c1-5(11)12-8-6(9)3-2-4-7(8)10/h2-5,11H,1H3. The Balaban J connectivity index is 2.96. The average Bonchev–Trinajstić information content (AvgIpc) is 1.97. The van der Waals surface area contributed by atoms with Crippen LogP contribution in [0.2, 0.25) is 10.0 Å². The molecule has 0 aliphatic rings. The SMILES string of the molecule is CC(O)Oc1c(Cl)cccc1Cl. The van der Waals surface area contributed by atoms with Gasteiger partial charge in [0.25, 0.3) is 0 Å². The molecule has 0 aromatic heterocycles. The van der Waals surface area contributed by atoms with Crippen LogP contribution in [0.4, 0.5) is 0 Å². The van der Waals surface area contributed by atoms with E-state index >= 15 is 0 Å². The topological polar surface area (TPSA) is 29.5 Å². The minimum absolute atomic E-state index is 0.316. The van der Waals surface area contributed by atoms with Gasteiger partial charge in [-0.1, -0.05) is 29.3 Å². The Labute approximate surface area is 80.7 Å². The average molecular weight is 207 g/mol. The minimum Gasteiger partial charge on any atom is -0.462 e. The van der Waals surface area contributed by atoms with Gasteiger partial charge in [0.2, 0.25) is 0 Å². The maximum atomic E-state index is 8.92. The summed E-state index contributed by atoms with van der Waals surface area (Å²) >= 11 is 11.5. The lowest BCUT2D eigenvalue weighted by molar-refractivity contribution is -0.000154. The summed E-state index contributed by atoms with van der Waals surface area (Å²) in [5.41, 5.74) is 0. The number of aliphatic hydroxyl groups is 1. The molecule has 0 amide bonds. The first kappa shape index (κ1) is 9.65. The van der Waals surface area contributed by atoms with E-state index in [1.165, 1.54) is 6.92 Å². The molecule has 0 spiro atoms. The first-order valence-corrected chi connectivity index (χ1v) is 4.15. The molecule has 0 radical (unpaired) electrons. The van der Waals surface area contributed by atoms with E-state index in [0.717, 1.165) is 0 Å². The van der Waals surface area contributed by atoms with Gasteiger partial charge in [0.15, 0.2) is 12.0 Å². The third kappa shape index (κ3) is 2.27. The van der Waals surface area contributed by atoms with Gasteiger partial charge in [-0.3, -0.25) is 0 Å². The van der Waals surface area contributed by atoms with Gasteiger partial charge in [-0.15, -0.1) is 0 Å². The summed E-state index contributed by atoms with van der Waals surface area (Å²) in [6.45, 7) is 1.49. The lowest BCUT2D eigenvalue weighted by atomic mass is 10.3. The van der Waals surface area contributed by atoms with Crippen LogP contribution < -0.4 is 4.74 Å². The fraction of sp³-hybridized carbons (Fsp3) is 0.250. The molecule has 1 rings (SSSR count). The van der Waals surface area contributed by atoms with Crippen molar-refractivity contribution in [2.75, 3.05) is 0 Å². The number of rotatable bonds is 2. The number of hydrogen-bond acceptors (Lipinski definition) is 2. The predicted molar refractivity (Wildman–Crippen MR) is 48.8 cm³/mol. The summed E-state index contributed by atoms with van der Waals surface area (Å²) < 4.78 is 4.97. The molecule has 0 fully saturated rings. The molecule has 1 atom stereocenters. The molecule has 2 nitrogen and oxygen atoms in total. The molecule has 0 heterocycles. The number of aliphatic hydroxyl groups excluding tert-OH is 1. The summed E-state index contributed by atoms with van der Waals surface area (Å²) in [7, 11) is 0. The Morgan fingerprint density at radius 1 is 1.33 bits per heavy atom. The maximum Gasteiger partial charge on any atom is 0.194 e. The first-order chi connectivity index (χ1) is 5.61. The Hall–Kier alpha value is -0.440. The van der Waals surface area contributed by atoms with Crippen molar-refractivity contribution >= 4 is 23.2 Å². The normalized spacial score (nSPS) is 12.7. The highest BCUT2D eigenvalue weighted by Crippen LogP contribution is 2.32. The van der Waals surface area contributed by atoms with Gasteiger partial charge in [0.1, 0.15) is 0 Å². The monoisotopic (exact) mass is 206 g/mol. The fourth-order valence-electron chi connectivity index (χ4n) is 0.766. The van der Waals surface area contributed by atoms with Crippen LogP contribution in [0.3, 0.4) is 0 Å². The van der Waals surface area contributed by atoms with Crippen LogP contribution in [-0.4, -0.2) is 11.4 Å². The zero-order valence-electron chi connectivity index (χ0n) is 6.42. The van der Waals surface area contributed by atoms with Crippen molar-refractivity contribution in [2.45, 2.75) is 13.2 Å². The predicted octanol–water partition coefficient (Wildman–Crippen LogP) is 2.71. The Morgan fingerprint density at radius 2 is 1.83 bits per heavy atom. The zero-order valence-corrected chi connectivity index (χ0v) is 7.93. The second kappa shape index (κ2) is 3.99. The molecular weight excluding hydrogens is 199 g/mol. The van der Waals surface area contributed by atoms with E-state index in [1.54, 1.807) is 18.2 Å². The van der Waals surface area contributed by atoms with Crippen molar-refractivity contribution < 1.29 is 9.84 Å². The Morgan fingerprint density at radius 3 is 2.25 bits per heavy atom. The number of halogens is 2. The summed E-state index contributed by atoms with van der Waals surface area (Å²) in [6.07, 6.45) is -0.914. The Kier molecular flexibility index (Phi) is 3.20. The quantitative estimate of drug-likeness (QED) is 0.755. The third-order valence-electron chi connectivity index (χ3n) is 1.21. The third-order valence-corrected chi connectivity index (χ3v) is 1.80. The van der Waals surface area contributed by atoms with E-state index in [2.05, 4.69) is 0 Å².